The molecule has 0 unspecified atom stereocenters. The molecule has 7 heteroatoms. The molecule has 0 amide bonds. The Hall–Kier alpha value is -1.31. The van der Waals surface area contributed by atoms with Gasteiger partial charge in [0.25, 0.3) is 0 Å². The minimum atomic E-state index is -3.50. The van der Waals surface area contributed by atoms with Crippen molar-refractivity contribution in [2.24, 2.45) is 11.8 Å². The second-order valence-corrected chi connectivity index (χ2v) is 7.88. The Kier molecular flexibility index (Phi) is 4.05. The van der Waals surface area contributed by atoms with E-state index < -0.39 is 10.0 Å². The third-order valence-electron chi connectivity index (χ3n) is 4.65. The smallest absolute Gasteiger partial charge is 0.243 e. The molecule has 1 N–H and O–H groups in total. The number of nitrogens with one attached hydrogen (secondary N) is 1. The van der Waals surface area contributed by atoms with E-state index in [-0.39, 0.29) is 0 Å². The van der Waals surface area contributed by atoms with E-state index in [2.05, 4.69) is 5.32 Å². The molecule has 22 heavy (non-hydrogen) atoms. The molecule has 6 nitrogen and oxygen atoms in total. The molecule has 1 aromatic rings. The fourth-order valence-electron chi connectivity index (χ4n) is 3.39. The molecule has 2 aliphatic heterocycles. The first-order valence-corrected chi connectivity index (χ1v) is 8.85. The van der Waals surface area contributed by atoms with E-state index in [1.807, 2.05) is 0 Å². The molecule has 0 saturated carbocycles. The van der Waals surface area contributed by atoms with Crippen LogP contribution in [0.4, 0.5) is 0 Å². The van der Waals surface area contributed by atoms with Gasteiger partial charge in [-0.15, -0.1) is 0 Å². The summed E-state index contributed by atoms with van der Waals surface area (Å²) < 4.78 is 38.0. The monoisotopic (exact) mass is 326 g/mol. The molecular weight excluding hydrogens is 304 g/mol. The molecule has 0 bridgehead atoms. The van der Waals surface area contributed by atoms with Crippen LogP contribution in [-0.2, 0) is 10.0 Å². The first-order valence-electron chi connectivity index (χ1n) is 7.41. The highest BCUT2D eigenvalue weighted by molar-refractivity contribution is 7.89. The van der Waals surface area contributed by atoms with Crippen LogP contribution in [0.5, 0.6) is 11.5 Å². The van der Waals surface area contributed by atoms with Gasteiger partial charge in [0.05, 0.1) is 19.1 Å². The summed E-state index contributed by atoms with van der Waals surface area (Å²) in [6.45, 7) is 4.78. The zero-order valence-corrected chi connectivity index (χ0v) is 13.9. The third kappa shape index (κ3) is 2.47. The van der Waals surface area contributed by atoms with E-state index in [1.54, 1.807) is 30.5 Å². The van der Waals surface area contributed by atoms with Crippen molar-refractivity contribution in [3.8, 4) is 11.5 Å². The van der Waals surface area contributed by atoms with Crippen molar-refractivity contribution in [2.75, 3.05) is 40.4 Å². The minimum absolute atomic E-state index is 0.304. The van der Waals surface area contributed by atoms with Crippen molar-refractivity contribution in [1.29, 1.82) is 0 Å². The maximum Gasteiger partial charge on any atom is 0.243 e. The van der Waals surface area contributed by atoms with Crippen LogP contribution in [0.2, 0.25) is 0 Å². The van der Waals surface area contributed by atoms with Crippen molar-refractivity contribution >= 4 is 10.0 Å². The highest BCUT2D eigenvalue weighted by Crippen LogP contribution is 2.36. The predicted octanol–water partition coefficient (Wildman–Crippen LogP) is 0.852. The lowest BCUT2D eigenvalue weighted by molar-refractivity contribution is 0.353. The Morgan fingerprint density at radius 3 is 2.18 bits per heavy atom. The van der Waals surface area contributed by atoms with Crippen LogP contribution in [0.15, 0.2) is 17.0 Å². The number of hydrogen-bond acceptors (Lipinski definition) is 5. The summed E-state index contributed by atoms with van der Waals surface area (Å²) in [4.78, 5) is 0.304. The molecule has 2 atom stereocenters. The Morgan fingerprint density at radius 1 is 1.09 bits per heavy atom. The van der Waals surface area contributed by atoms with Crippen molar-refractivity contribution in [3.05, 3.63) is 17.7 Å². The average Bonchev–Trinajstić information content (AvgIpc) is 3.08. The third-order valence-corrected chi connectivity index (χ3v) is 6.63. The van der Waals surface area contributed by atoms with Crippen molar-refractivity contribution in [1.82, 2.24) is 9.62 Å². The van der Waals surface area contributed by atoms with Crippen LogP contribution in [0.25, 0.3) is 0 Å². The number of ether oxygens (including phenoxy) is 2. The lowest BCUT2D eigenvalue weighted by atomic mass is 10.0. The highest BCUT2D eigenvalue weighted by Gasteiger charge is 2.42. The predicted molar refractivity (Wildman–Crippen MR) is 82.9 cm³/mol. The lowest BCUT2D eigenvalue weighted by Crippen LogP contribution is -2.32. The van der Waals surface area contributed by atoms with Crippen LogP contribution in [-0.4, -0.2) is 53.1 Å². The van der Waals surface area contributed by atoms with Crippen LogP contribution in [0.3, 0.4) is 0 Å². The Bertz CT molecular complexity index is 662. The Morgan fingerprint density at radius 2 is 1.64 bits per heavy atom. The van der Waals surface area contributed by atoms with Crippen molar-refractivity contribution in [3.63, 3.8) is 0 Å². The Labute approximate surface area is 131 Å². The molecule has 2 heterocycles. The quantitative estimate of drug-likeness (QED) is 0.888. The fraction of sp³-hybridized carbons (Fsp3) is 0.600. The summed E-state index contributed by atoms with van der Waals surface area (Å²) in [5.41, 5.74) is 0.674. The van der Waals surface area contributed by atoms with E-state index >= 15 is 0 Å². The normalized spacial score (nSPS) is 25.2. The first-order chi connectivity index (χ1) is 10.5. The van der Waals surface area contributed by atoms with E-state index in [0.29, 0.717) is 46.9 Å². The summed E-state index contributed by atoms with van der Waals surface area (Å²) >= 11 is 0. The molecule has 1 aromatic carbocycles. The molecule has 0 aromatic heterocycles. The van der Waals surface area contributed by atoms with Crippen LogP contribution in [0.1, 0.15) is 5.56 Å². The minimum Gasteiger partial charge on any atom is -0.493 e. The number of rotatable bonds is 4. The fourth-order valence-corrected chi connectivity index (χ4v) is 5.16. The van der Waals surface area contributed by atoms with Crippen molar-refractivity contribution in [2.45, 2.75) is 11.8 Å². The number of aryl methyl sites for hydroxylation is 1. The molecule has 0 spiro atoms. The number of nitrogens with zero attached hydrogens (tertiary/aromatic N) is 1. The molecule has 2 saturated heterocycles. The molecule has 0 radical (unpaired) electrons. The second-order valence-electron chi connectivity index (χ2n) is 5.97. The summed E-state index contributed by atoms with van der Waals surface area (Å²) in [5.74, 6) is 1.83. The molecule has 122 valence electrons. The summed E-state index contributed by atoms with van der Waals surface area (Å²) in [7, 11) is -0.448. The van der Waals surface area contributed by atoms with Gasteiger partial charge in [0.1, 0.15) is 0 Å². The van der Waals surface area contributed by atoms with E-state index in [1.165, 1.54) is 7.11 Å². The summed E-state index contributed by atoms with van der Waals surface area (Å²) in [6.07, 6.45) is 0. The highest BCUT2D eigenvalue weighted by atomic mass is 32.2. The number of hydrogen-bond donors (Lipinski definition) is 1. The van der Waals surface area contributed by atoms with E-state index in [4.69, 9.17) is 9.47 Å². The van der Waals surface area contributed by atoms with E-state index in [9.17, 15) is 8.42 Å². The number of fused-ring (bicyclic) bond motifs is 1. The van der Waals surface area contributed by atoms with Gasteiger partial charge in [-0.25, -0.2) is 8.42 Å². The summed E-state index contributed by atoms with van der Waals surface area (Å²) in [5, 5.41) is 3.32. The van der Waals surface area contributed by atoms with Gasteiger partial charge < -0.3 is 14.8 Å². The van der Waals surface area contributed by atoms with Crippen molar-refractivity contribution < 1.29 is 17.9 Å². The van der Waals surface area contributed by atoms with E-state index in [0.717, 1.165) is 13.1 Å². The van der Waals surface area contributed by atoms with Gasteiger partial charge in [-0.05, 0) is 43.5 Å². The topological polar surface area (TPSA) is 67.9 Å². The van der Waals surface area contributed by atoms with Crippen LogP contribution in [0, 0.1) is 18.8 Å². The van der Waals surface area contributed by atoms with Gasteiger partial charge in [0.2, 0.25) is 10.0 Å². The Balaban J connectivity index is 1.95. The first kappa shape index (κ1) is 15.6. The van der Waals surface area contributed by atoms with Gasteiger partial charge in [-0.3, -0.25) is 0 Å². The zero-order valence-electron chi connectivity index (χ0n) is 13.1. The number of methoxy groups -OCH3 is 2. The summed E-state index contributed by atoms with van der Waals surface area (Å²) in [6, 6.07) is 3.28. The van der Waals surface area contributed by atoms with Gasteiger partial charge in [-0.2, -0.15) is 4.31 Å². The standard InChI is InChI=1S/C15H22N2O4S/c1-10-4-13(20-2)14(21-3)5-15(10)22(18,19)17-8-11-6-16-7-12(11)9-17/h4-5,11-12,16H,6-9H2,1-3H3/t11-,12+. The molecule has 2 aliphatic rings. The average molecular weight is 326 g/mol. The molecule has 2 fully saturated rings. The second kappa shape index (κ2) is 5.72. The van der Waals surface area contributed by atoms with Gasteiger partial charge in [-0.1, -0.05) is 0 Å². The van der Waals surface area contributed by atoms with Gasteiger partial charge >= 0.3 is 0 Å². The zero-order chi connectivity index (χ0) is 15.9. The van der Waals surface area contributed by atoms with Gasteiger partial charge in [0, 0.05) is 19.2 Å². The van der Waals surface area contributed by atoms with Crippen LogP contribution < -0.4 is 14.8 Å². The maximum atomic E-state index is 13.0. The number of sulfonamides is 1. The molecule has 0 aliphatic carbocycles. The largest absolute Gasteiger partial charge is 0.493 e. The SMILES string of the molecule is COc1cc(C)c(S(=O)(=O)N2C[C@H]3CNC[C@H]3C2)cc1OC. The molecule has 3 rings (SSSR count). The van der Waals surface area contributed by atoms with Gasteiger partial charge in [0.15, 0.2) is 11.5 Å². The molecular formula is C15H22N2O4S. The lowest BCUT2D eigenvalue weighted by Gasteiger charge is -2.20. The maximum absolute atomic E-state index is 13.0. The number of benzene rings is 1. The van der Waals surface area contributed by atoms with Crippen LogP contribution >= 0.6 is 0 Å².